The van der Waals surface area contributed by atoms with Crippen LogP contribution >= 0.6 is 11.8 Å². The summed E-state index contributed by atoms with van der Waals surface area (Å²) in [5, 5.41) is 0. The number of hydrogen-bond donors (Lipinski definition) is 3. The highest BCUT2D eigenvalue weighted by Gasteiger charge is 2.30. The fourth-order valence-electron chi connectivity index (χ4n) is 1.36. The summed E-state index contributed by atoms with van der Waals surface area (Å²) in [6.07, 6.45) is 0. The van der Waals surface area contributed by atoms with Crippen molar-refractivity contribution >= 4 is 33.4 Å². The normalized spacial score (nSPS) is 12.3. The number of nitrogens with two attached hydrogens (primary N) is 2. The summed E-state index contributed by atoms with van der Waals surface area (Å²) in [5.74, 6) is -0.512. The molecule has 1 amide bonds. The van der Waals surface area contributed by atoms with Gasteiger partial charge < -0.3 is 11.5 Å². The van der Waals surface area contributed by atoms with Crippen molar-refractivity contribution in [1.29, 1.82) is 0 Å². The van der Waals surface area contributed by atoms with Crippen LogP contribution in [0.15, 0.2) is 29.2 Å². The molecule has 0 saturated heterocycles. The van der Waals surface area contributed by atoms with Gasteiger partial charge in [-0.2, -0.15) is 0 Å². The van der Waals surface area contributed by atoms with E-state index in [9.17, 15) is 13.2 Å². The minimum absolute atomic E-state index is 0.122. The lowest BCUT2D eigenvalue weighted by Crippen LogP contribution is -2.53. The van der Waals surface area contributed by atoms with Gasteiger partial charge in [0, 0.05) is 16.3 Å². The zero-order chi connectivity index (χ0) is 15.4. The smallest absolute Gasteiger partial charge is 0.238 e. The first-order valence-electron chi connectivity index (χ1n) is 5.93. The zero-order valence-corrected chi connectivity index (χ0v) is 13.1. The Morgan fingerprint density at radius 2 is 1.95 bits per heavy atom. The van der Waals surface area contributed by atoms with Gasteiger partial charge in [0.25, 0.3) is 0 Å². The Morgan fingerprint density at radius 3 is 2.50 bits per heavy atom. The maximum absolute atomic E-state index is 11.9. The summed E-state index contributed by atoms with van der Waals surface area (Å²) >= 11 is 1.35. The highest BCUT2D eigenvalue weighted by atomic mass is 32.2. The molecule has 112 valence electrons. The number of primary amides is 1. The Bertz CT molecular complexity index is 585. The number of rotatable bonds is 7. The number of hydrogen-bond acceptors (Lipinski definition) is 5. The molecule has 0 heterocycles. The van der Waals surface area contributed by atoms with Gasteiger partial charge in [-0.15, -0.1) is 11.8 Å². The number of carbonyl (C=O) groups is 1. The Kier molecular flexibility index (Phi) is 5.43. The number of thioether (sulfide) groups is 1. The monoisotopic (exact) mass is 317 g/mol. The van der Waals surface area contributed by atoms with Crippen molar-refractivity contribution in [3.63, 3.8) is 0 Å². The van der Waals surface area contributed by atoms with Crippen LogP contribution in [0, 0.1) is 0 Å². The average molecular weight is 317 g/mol. The SMILES string of the molecule is CC(C)(NS(=O)(=O)CCSc1ccccc1N)C(N)=O. The predicted octanol–water partition coefficient (Wildman–Crippen LogP) is 0.544. The van der Waals surface area contributed by atoms with Crippen LogP contribution in [0.3, 0.4) is 0 Å². The van der Waals surface area contributed by atoms with Gasteiger partial charge in [0.05, 0.1) is 5.75 Å². The van der Waals surface area contributed by atoms with E-state index in [-0.39, 0.29) is 5.75 Å². The average Bonchev–Trinajstić information content (AvgIpc) is 2.30. The molecule has 0 radical (unpaired) electrons. The Labute approximate surface area is 123 Å². The number of anilines is 1. The lowest BCUT2D eigenvalue weighted by atomic mass is 10.1. The second-order valence-corrected chi connectivity index (χ2v) is 7.78. The van der Waals surface area contributed by atoms with Crippen LogP contribution in [0.25, 0.3) is 0 Å². The fourth-order valence-corrected chi connectivity index (χ4v) is 4.18. The minimum atomic E-state index is -3.58. The van der Waals surface area contributed by atoms with E-state index < -0.39 is 21.5 Å². The van der Waals surface area contributed by atoms with Gasteiger partial charge in [-0.1, -0.05) is 12.1 Å². The fraction of sp³-hybridized carbons (Fsp3) is 0.417. The van der Waals surface area contributed by atoms with Gasteiger partial charge in [0.2, 0.25) is 15.9 Å². The molecule has 0 spiro atoms. The Balaban J connectivity index is 2.57. The molecule has 0 aromatic heterocycles. The molecule has 0 saturated carbocycles. The van der Waals surface area contributed by atoms with Crippen LogP contribution in [0.4, 0.5) is 5.69 Å². The summed E-state index contributed by atoms with van der Waals surface area (Å²) < 4.78 is 26.0. The van der Waals surface area contributed by atoms with Crippen LogP contribution in [0.1, 0.15) is 13.8 Å². The van der Waals surface area contributed by atoms with E-state index in [0.717, 1.165) is 4.90 Å². The van der Waals surface area contributed by atoms with E-state index in [1.165, 1.54) is 25.6 Å². The molecule has 6 nitrogen and oxygen atoms in total. The molecule has 0 aliphatic carbocycles. The molecule has 0 fully saturated rings. The first-order chi connectivity index (χ1) is 9.14. The van der Waals surface area contributed by atoms with E-state index in [2.05, 4.69) is 4.72 Å². The number of nitrogens with one attached hydrogen (secondary N) is 1. The highest BCUT2D eigenvalue weighted by Crippen LogP contribution is 2.24. The van der Waals surface area contributed by atoms with Crippen molar-refractivity contribution in [3.8, 4) is 0 Å². The second kappa shape index (κ2) is 6.47. The Hall–Kier alpha value is -1.25. The first kappa shape index (κ1) is 16.8. The van der Waals surface area contributed by atoms with Gasteiger partial charge in [0.1, 0.15) is 5.54 Å². The molecular formula is C12H19N3O3S2. The molecule has 1 aromatic carbocycles. The minimum Gasteiger partial charge on any atom is -0.398 e. The van der Waals surface area contributed by atoms with Crippen molar-refractivity contribution < 1.29 is 13.2 Å². The van der Waals surface area contributed by atoms with Crippen LogP contribution in [0.2, 0.25) is 0 Å². The number of sulfonamides is 1. The summed E-state index contributed by atoms with van der Waals surface area (Å²) in [5.41, 5.74) is 10.2. The topological polar surface area (TPSA) is 115 Å². The largest absolute Gasteiger partial charge is 0.398 e. The molecular weight excluding hydrogens is 298 g/mol. The van der Waals surface area contributed by atoms with Crippen LogP contribution < -0.4 is 16.2 Å². The van der Waals surface area contributed by atoms with Gasteiger partial charge in [0.15, 0.2) is 0 Å². The number of carbonyl (C=O) groups excluding carboxylic acids is 1. The summed E-state index contributed by atoms with van der Waals surface area (Å²) in [7, 11) is -3.58. The Morgan fingerprint density at radius 1 is 1.35 bits per heavy atom. The number of nitrogen functional groups attached to an aromatic ring is 1. The van der Waals surface area contributed by atoms with Gasteiger partial charge >= 0.3 is 0 Å². The second-order valence-electron chi connectivity index (χ2n) is 4.80. The van der Waals surface area contributed by atoms with E-state index >= 15 is 0 Å². The molecule has 0 atom stereocenters. The quantitative estimate of drug-likeness (QED) is 0.501. The van der Waals surface area contributed by atoms with E-state index in [4.69, 9.17) is 11.5 Å². The van der Waals surface area contributed by atoms with Gasteiger partial charge in [-0.25, -0.2) is 13.1 Å². The molecule has 0 aliphatic heterocycles. The van der Waals surface area contributed by atoms with Crippen molar-refractivity contribution in [2.45, 2.75) is 24.3 Å². The molecule has 8 heteroatoms. The zero-order valence-electron chi connectivity index (χ0n) is 11.4. The maximum atomic E-state index is 11.9. The van der Waals surface area contributed by atoms with Gasteiger partial charge in [-0.3, -0.25) is 4.79 Å². The van der Waals surface area contributed by atoms with E-state index in [0.29, 0.717) is 11.4 Å². The van der Waals surface area contributed by atoms with Crippen molar-refractivity contribution in [2.24, 2.45) is 5.73 Å². The van der Waals surface area contributed by atoms with Crippen LogP contribution in [-0.4, -0.2) is 31.4 Å². The van der Waals surface area contributed by atoms with Crippen molar-refractivity contribution in [2.75, 3.05) is 17.2 Å². The third-order valence-corrected chi connectivity index (χ3v) is 5.47. The lowest BCUT2D eigenvalue weighted by molar-refractivity contribution is -0.122. The maximum Gasteiger partial charge on any atom is 0.238 e. The van der Waals surface area contributed by atoms with E-state index in [1.807, 2.05) is 18.2 Å². The first-order valence-corrected chi connectivity index (χ1v) is 8.57. The summed E-state index contributed by atoms with van der Waals surface area (Å²) in [6.45, 7) is 2.85. The third kappa shape index (κ3) is 5.03. The summed E-state index contributed by atoms with van der Waals surface area (Å²) in [6, 6.07) is 7.23. The number of para-hydroxylation sites is 1. The van der Waals surface area contributed by atoms with Crippen LogP contribution in [-0.2, 0) is 14.8 Å². The molecule has 0 bridgehead atoms. The molecule has 0 unspecified atom stereocenters. The van der Waals surface area contributed by atoms with Crippen LogP contribution in [0.5, 0.6) is 0 Å². The third-order valence-electron chi connectivity index (χ3n) is 2.56. The van der Waals surface area contributed by atoms with Crippen molar-refractivity contribution in [3.05, 3.63) is 24.3 Å². The number of amides is 1. The summed E-state index contributed by atoms with van der Waals surface area (Å²) in [4.78, 5) is 11.9. The molecule has 1 rings (SSSR count). The van der Waals surface area contributed by atoms with E-state index in [1.54, 1.807) is 6.07 Å². The standard InChI is InChI=1S/C12H19N3O3S2/c1-12(2,11(14)16)15-20(17,18)8-7-19-10-6-4-3-5-9(10)13/h3-6,15H,7-8,13H2,1-2H3,(H2,14,16). The molecule has 1 aromatic rings. The molecule has 20 heavy (non-hydrogen) atoms. The molecule has 5 N–H and O–H groups in total. The van der Waals surface area contributed by atoms with Gasteiger partial charge in [-0.05, 0) is 26.0 Å². The molecule has 0 aliphatic rings. The highest BCUT2D eigenvalue weighted by molar-refractivity contribution is 8.00. The number of benzene rings is 1. The predicted molar refractivity (Wildman–Crippen MR) is 81.8 cm³/mol. The lowest BCUT2D eigenvalue weighted by Gasteiger charge is -2.21. The van der Waals surface area contributed by atoms with Crippen molar-refractivity contribution in [1.82, 2.24) is 4.72 Å².